The number of aliphatic hydroxyl groups is 5. The molecule has 1 amide bonds. The van der Waals surface area contributed by atoms with Gasteiger partial charge in [-0.2, -0.15) is 0 Å². The summed E-state index contributed by atoms with van der Waals surface area (Å²) in [5.41, 5.74) is 0. The minimum absolute atomic E-state index is 0.170. The van der Waals surface area contributed by atoms with Crippen molar-refractivity contribution in [1.82, 2.24) is 5.32 Å². The first-order valence-corrected chi connectivity index (χ1v) is 31.9. The van der Waals surface area contributed by atoms with Gasteiger partial charge in [0.25, 0.3) is 0 Å². The highest BCUT2D eigenvalue weighted by atomic mass is 16.7. The lowest BCUT2D eigenvalue weighted by molar-refractivity contribution is -0.302. The van der Waals surface area contributed by atoms with Gasteiger partial charge < -0.3 is 40.3 Å². The second-order valence-corrected chi connectivity index (χ2v) is 22.6. The number of amides is 1. The average Bonchev–Trinajstić information content (AvgIpc) is 3.38. The monoisotopic (exact) mass is 1020 g/mol. The zero-order chi connectivity index (χ0) is 52.2. The van der Waals surface area contributed by atoms with Crippen LogP contribution in [-0.2, 0) is 14.3 Å². The molecule has 0 spiro atoms. The topological polar surface area (TPSA) is 149 Å². The maximum atomic E-state index is 13.1. The minimum Gasteiger partial charge on any atom is -0.394 e. The van der Waals surface area contributed by atoms with Gasteiger partial charge in [-0.1, -0.05) is 315 Å². The number of allylic oxidation sites excluding steroid dienone is 1. The van der Waals surface area contributed by atoms with E-state index in [1.807, 2.05) is 6.08 Å². The van der Waals surface area contributed by atoms with Gasteiger partial charge in [0.2, 0.25) is 5.91 Å². The zero-order valence-corrected chi connectivity index (χ0v) is 47.7. The van der Waals surface area contributed by atoms with Crippen LogP contribution >= 0.6 is 0 Å². The molecule has 1 fully saturated rings. The number of carbonyl (C=O) groups is 1. The third kappa shape index (κ3) is 42.1. The first-order valence-electron chi connectivity index (χ1n) is 31.9. The summed E-state index contributed by atoms with van der Waals surface area (Å²) < 4.78 is 11.3. The van der Waals surface area contributed by atoms with E-state index in [0.717, 1.165) is 38.5 Å². The number of aliphatic hydroxyl groups excluding tert-OH is 5. The molecule has 0 saturated carbocycles. The highest BCUT2D eigenvalue weighted by Crippen LogP contribution is 2.23. The molecular weight excluding hydrogens is 899 g/mol. The van der Waals surface area contributed by atoms with E-state index in [1.165, 1.54) is 270 Å². The van der Waals surface area contributed by atoms with Crippen LogP contribution in [0.25, 0.3) is 0 Å². The number of nitrogens with one attached hydrogen (secondary N) is 1. The first kappa shape index (κ1) is 68.9. The summed E-state index contributed by atoms with van der Waals surface area (Å²) in [4.78, 5) is 13.1. The number of rotatable bonds is 56. The number of unbranched alkanes of at least 4 members (excludes halogenated alkanes) is 46. The molecular formula is C63H123NO8. The lowest BCUT2D eigenvalue weighted by atomic mass is 9.99. The Kier molecular flexibility index (Phi) is 51.1. The summed E-state index contributed by atoms with van der Waals surface area (Å²) in [6, 6.07) is -0.800. The van der Waals surface area contributed by atoms with Crippen LogP contribution in [0, 0.1) is 0 Å². The van der Waals surface area contributed by atoms with Gasteiger partial charge in [-0.3, -0.25) is 4.79 Å². The molecule has 1 aliphatic heterocycles. The van der Waals surface area contributed by atoms with E-state index >= 15 is 0 Å². The van der Waals surface area contributed by atoms with Crippen LogP contribution in [-0.4, -0.2) is 87.5 Å². The summed E-state index contributed by atoms with van der Waals surface area (Å²) >= 11 is 0. The maximum Gasteiger partial charge on any atom is 0.220 e. The number of ether oxygens (including phenoxy) is 2. The predicted octanol–water partition coefficient (Wildman–Crippen LogP) is 16.4. The Morgan fingerprint density at radius 2 is 0.764 bits per heavy atom. The van der Waals surface area contributed by atoms with Crippen LogP contribution in [0.4, 0.5) is 0 Å². The lowest BCUT2D eigenvalue weighted by Gasteiger charge is -2.40. The highest BCUT2D eigenvalue weighted by Gasteiger charge is 2.44. The molecule has 1 aliphatic rings. The molecule has 1 saturated heterocycles. The summed E-state index contributed by atoms with van der Waals surface area (Å²) in [5.74, 6) is -0.170. The molecule has 1 rings (SSSR count). The van der Waals surface area contributed by atoms with E-state index in [-0.39, 0.29) is 12.5 Å². The second-order valence-electron chi connectivity index (χ2n) is 22.6. The summed E-state index contributed by atoms with van der Waals surface area (Å²) in [7, 11) is 0. The number of carbonyl (C=O) groups excluding carboxylic acids is 1. The number of hydrogen-bond acceptors (Lipinski definition) is 8. The molecule has 72 heavy (non-hydrogen) atoms. The van der Waals surface area contributed by atoms with Crippen molar-refractivity contribution >= 4 is 5.91 Å². The van der Waals surface area contributed by atoms with Gasteiger partial charge in [0.15, 0.2) is 6.29 Å². The van der Waals surface area contributed by atoms with Crippen molar-refractivity contribution in [2.45, 2.75) is 371 Å². The highest BCUT2D eigenvalue weighted by molar-refractivity contribution is 5.76. The minimum atomic E-state index is -1.56. The zero-order valence-electron chi connectivity index (χ0n) is 47.7. The first-order chi connectivity index (χ1) is 35.3. The van der Waals surface area contributed by atoms with Crippen molar-refractivity contribution in [1.29, 1.82) is 0 Å². The Bertz CT molecular complexity index is 1140. The van der Waals surface area contributed by atoms with Crippen LogP contribution < -0.4 is 5.32 Å². The van der Waals surface area contributed by atoms with E-state index < -0.39 is 49.5 Å². The Labute approximate surface area is 446 Å². The fraction of sp³-hybridized carbons (Fsp3) is 0.952. The normalized spacial score (nSPS) is 19.1. The van der Waals surface area contributed by atoms with Crippen molar-refractivity contribution in [3.63, 3.8) is 0 Å². The van der Waals surface area contributed by atoms with Crippen LogP contribution in [0.1, 0.15) is 328 Å². The molecule has 9 nitrogen and oxygen atoms in total. The number of hydrogen-bond donors (Lipinski definition) is 6. The lowest BCUT2D eigenvalue weighted by Crippen LogP contribution is -2.60. The second kappa shape index (κ2) is 53.3. The molecule has 6 N–H and O–H groups in total. The Morgan fingerprint density at radius 3 is 1.08 bits per heavy atom. The summed E-state index contributed by atoms with van der Waals surface area (Å²) in [6.07, 6.45) is 60.3. The molecule has 428 valence electrons. The van der Waals surface area contributed by atoms with E-state index in [2.05, 4.69) is 19.2 Å². The van der Waals surface area contributed by atoms with E-state index in [9.17, 15) is 30.3 Å². The van der Waals surface area contributed by atoms with E-state index in [0.29, 0.717) is 6.42 Å². The van der Waals surface area contributed by atoms with E-state index in [4.69, 9.17) is 9.47 Å². The Balaban J connectivity index is 2.05. The Hall–Kier alpha value is -1.07. The van der Waals surface area contributed by atoms with Crippen molar-refractivity contribution in [2.24, 2.45) is 0 Å². The third-order valence-corrected chi connectivity index (χ3v) is 15.6. The smallest absolute Gasteiger partial charge is 0.220 e. The van der Waals surface area contributed by atoms with Gasteiger partial charge in [0, 0.05) is 6.42 Å². The summed E-state index contributed by atoms with van der Waals surface area (Å²) in [6.45, 7) is 3.82. The molecule has 9 heteroatoms. The third-order valence-electron chi connectivity index (χ3n) is 15.6. The molecule has 0 aliphatic carbocycles. The molecule has 0 bridgehead atoms. The van der Waals surface area contributed by atoms with Gasteiger partial charge in [0.05, 0.1) is 25.4 Å². The van der Waals surface area contributed by atoms with Crippen molar-refractivity contribution in [3.05, 3.63) is 12.2 Å². The average molecular weight is 1020 g/mol. The van der Waals surface area contributed by atoms with Crippen LogP contribution in [0.3, 0.4) is 0 Å². The predicted molar refractivity (Wildman–Crippen MR) is 304 cm³/mol. The van der Waals surface area contributed by atoms with Crippen molar-refractivity contribution in [2.75, 3.05) is 13.2 Å². The van der Waals surface area contributed by atoms with Gasteiger partial charge in [-0.05, 0) is 19.3 Å². The maximum absolute atomic E-state index is 13.1. The van der Waals surface area contributed by atoms with Gasteiger partial charge in [0.1, 0.15) is 24.4 Å². The molecule has 2 unspecified atom stereocenters. The van der Waals surface area contributed by atoms with E-state index in [1.54, 1.807) is 6.08 Å². The van der Waals surface area contributed by atoms with Crippen LogP contribution in [0.5, 0.6) is 0 Å². The van der Waals surface area contributed by atoms with Crippen molar-refractivity contribution in [3.8, 4) is 0 Å². The molecule has 0 radical (unpaired) electrons. The molecule has 0 aromatic carbocycles. The largest absolute Gasteiger partial charge is 0.394 e. The SMILES string of the molecule is CCCCCCCCCCCCCC/C=C/[C@@H](O)[C@H](CO[C@@H]1O[C@H](CO)[C@@H](O)C(O)C1O)NC(=O)CCCCCCCCCCCCCCCCCCCCCCCCCCCCCCCCCCCCC. The van der Waals surface area contributed by atoms with Gasteiger partial charge in [-0.15, -0.1) is 0 Å². The standard InChI is InChI=1S/C63H123NO8/c1-3-5-7-9-11-13-15-17-19-20-21-22-23-24-25-26-27-28-29-30-31-32-33-34-35-36-37-38-39-41-43-45-47-49-51-53-59(67)64-56(55-71-63-62(70)61(69)60(68)58(54-65)72-63)57(66)52-50-48-46-44-42-40-18-16-14-12-10-8-6-4-2/h50,52,56-58,60-63,65-66,68-70H,3-49,51,53-55H2,1-2H3,(H,64,67)/b52-50+/t56-,57+,58+,60+,61?,62?,63+/m0/s1. The molecule has 0 aromatic heterocycles. The fourth-order valence-electron chi connectivity index (χ4n) is 10.6. The molecule has 1 heterocycles. The fourth-order valence-corrected chi connectivity index (χ4v) is 10.6. The Morgan fingerprint density at radius 1 is 0.458 bits per heavy atom. The van der Waals surface area contributed by atoms with Crippen LogP contribution in [0.2, 0.25) is 0 Å². The van der Waals surface area contributed by atoms with Crippen molar-refractivity contribution < 1.29 is 39.8 Å². The van der Waals surface area contributed by atoms with Gasteiger partial charge >= 0.3 is 0 Å². The molecule has 0 aromatic rings. The summed E-state index contributed by atoms with van der Waals surface area (Å²) in [5, 5.41) is 54.5. The van der Waals surface area contributed by atoms with Crippen LogP contribution in [0.15, 0.2) is 12.2 Å². The van der Waals surface area contributed by atoms with Gasteiger partial charge in [-0.25, -0.2) is 0 Å². The molecule has 7 atom stereocenters. The quantitative estimate of drug-likeness (QED) is 0.0261.